The standard InChI is InChI=1S/C53H106N2O10/c1-4-7-9-11-13-15-17-19-21-23-25-27-29-31-33-40-61-49-54-38-35-42-58-45-53(47-60-44-37-52(56)57,48-63-51-65-64-6-3)46-59-43-36-39-55-50-62-41-34-32-30-28-26-24-22-20-18-16-14-12-10-8-5-2/h6,54-55H,3-5,7-51H2,1-2H3,(H,56,57). The van der Waals surface area contributed by atoms with Crippen LogP contribution in [0, 0.1) is 5.41 Å². The second-order valence-corrected chi connectivity index (χ2v) is 18.4. The second kappa shape index (κ2) is 55.2. The average molecular weight is 931 g/mol. The van der Waals surface area contributed by atoms with Crippen molar-refractivity contribution in [1.29, 1.82) is 0 Å². The van der Waals surface area contributed by atoms with Gasteiger partial charge in [-0.15, -0.1) is 0 Å². The molecule has 0 amide bonds. The minimum absolute atomic E-state index is 0.0831. The lowest BCUT2D eigenvalue weighted by Gasteiger charge is -2.33. The molecule has 0 aromatic heterocycles. The number of aliphatic carboxylic acids is 1. The zero-order chi connectivity index (χ0) is 47.1. The Morgan fingerprint density at radius 1 is 0.446 bits per heavy atom. The third-order valence-electron chi connectivity index (χ3n) is 11.8. The lowest BCUT2D eigenvalue weighted by Crippen LogP contribution is -2.42. The molecule has 0 saturated carbocycles. The summed E-state index contributed by atoms with van der Waals surface area (Å²) in [5.74, 6) is -0.910. The maximum Gasteiger partial charge on any atom is 0.305 e. The summed E-state index contributed by atoms with van der Waals surface area (Å²) in [6.45, 7) is 14.3. The van der Waals surface area contributed by atoms with E-state index >= 15 is 0 Å². The highest BCUT2D eigenvalue weighted by Gasteiger charge is 2.33. The fraction of sp³-hybridized carbons (Fsp3) is 0.943. The molecule has 0 spiro atoms. The van der Waals surface area contributed by atoms with Crippen molar-refractivity contribution >= 4 is 5.97 Å². The number of carbonyl (C=O) groups is 1. The number of ether oxygens (including phenoxy) is 6. The van der Waals surface area contributed by atoms with Crippen LogP contribution in [0.5, 0.6) is 0 Å². The van der Waals surface area contributed by atoms with Crippen LogP contribution in [-0.4, -0.2) is 104 Å². The fourth-order valence-corrected chi connectivity index (χ4v) is 7.83. The summed E-state index contributed by atoms with van der Waals surface area (Å²) < 4.78 is 35.5. The molecule has 0 saturated heterocycles. The van der Waals surface area contributed by atoms with Gasteiger partial charge in [0.05, 0.1) is 58.3 Å². The Balaban J connectivity index is 4.17. The van der Waals surface area contributed by atoms with Crippen LogP contribution >= 0.6 is 0 Å². The van der Waals surface area contributed by atoms with Gasteiger partial charge < -0.3 is 38.4 Å². The summed E-state index contributed by atoms with van der Waals surface area (Å²) in [7, 11) is 0. The molecule has 0 aliphatic rings. The molecular formula is C53H106N2O10. The van der Waals surface area contributed by atoms with Crippen molar-refractivity contribution in [3.8, 4) is 0 Å². The van der Waals surface area contributed by atoms with E-state index in [0.717, 1.165) is 52.0 Å². The molecule has 12 heteroatoms. The number of nitrogens with one attached hydrogen (secondary N) is 2. The van der Waals surface area contributed by atoms with E-state index in [1.54, 1.807) is 0 Å². The van der Waals surface area contributed by atoms with Gasteiger partial charge in [-0.2, -0.15) is 4.89 Å². The molecule has 12 nitrogen and oxygen atoms in total. The highest BCUT2D eigenvalue weighted by molar-refractivity contribution is 5.66. The van der Waals surface area contributed by atoms with Crippen LogP contribution < -0.4 is 10.6 Å². The SMILES string of the molecule is C=COOCOCC(COCCCNCOCCCCCCCCCCCCCCCCC)(COCCCNCOCCCCCCCCCCCCCCCCC)COCCC(=O)O. The van der Waals surface area contributed by atoms with Gasteiger partial charge >= 0.3 is 5.97 Å². The number of rotatable bonds is 59. The van der Waals surface area contributed by atoms with Crippen molar-refractivity contribution in [2.45, 2.75) is 226 Å². The Morgan fingerprint density at radius 2 is 0.769 bits per heavy atom. The van der Waals surface area contributed by atoms with Gasteiger partial charge in [0.1, 0.15) is 6.26 Å². The number of carboxylic acid groups (broad SMARTS) is 1. The van der Waals surface area contributed by atoms with Gasteiger partial charge in [-0.05, 0) is 38.8 Å². The highest BCUT2D eigenvalue weighted by atomic mass is 17.2. The molecule has 0 radical (unpaired) electrons. The van der Waals surface area contributed by atoms with Crippen LogP contribution in [-0.2, 0) is 43.0 Å². The fourth-order valence-electron chi connectivity index (χ4n) is 7.83. The Hall–Kier alpha value is -1.35. The first-order chi connectivity index (χ1) is 32.1. The van der Waals surface area contributed by atoms with Crippen LogP contribution in [0.2, 0.25) is 0 Å². The van der Waals surface area contributed by atoms with E-state index in [9.17, 15) is 4.79 Å². The Bertz CT molecular complexity index is 883. The molecule has 0 fully saturated rings. The van der Waals surface area contributed by atoms with E-state index < -0.39 is 11.4 Å². The van der Waals surface area contributed by atoms with Gasteiger partial charge in [0, 0.05) is 26.4 Å². The molecule has 0 aliphatic carbocycles. The predicted molar refractivity (Wildman–Crippen MR) is 267 cm³/mol. The van der Waals surface area contributed by atoms with E-state index in [1.807, 2.05) is 0 Å². The molecule has 65 heavy (non-hydrogen) atoms. The van der Waals surface area contributed by atoms with Crippen molar-refractivity contribution in [1.82, 2.24) is 10.6 Å². The maximum absolute atomic E-state index is 11.1. The lowest BCUT2D eigenvalue weighted by molar-refractivity contribution is -0.305. The topological polar surface area (TPSA) is 135 Å². The average Bonchev–Trinajstić information content (AvgIpc) is 3.30. The third-order valence-corrected chi connectivity index (χ3v) is 11.8. The molecule has 3 N–H and O–H groups in total. The van der Waals surface area contributed by atoms with Crippen LogP contribution in [0.1, 0.15) is 226 Å². The minimum Gasteiger partial charge on any atom is -0.481 e. The van der Waals surface area contributed by atoms with Crippen molar-refractivity contribution in [2.24, 2.45) is 5.41 Å². The largest absolute Gasteiger partial charge is 0.481 e. The van der Waals surface area contributed by atoms with Crippen LogP contribution in [0.15, 0.2) is 12.8 Å². The molecule has 0 rings (SSSR count). The summed E-state index contributed by atoms with van der Waals surface area (Å²) >= 11 is 0. The number of hydrogen-bond donors (Lipinski definition) is 3. The van der Waals surface area contributed by atoms with Gasteiger partial charge in [0.2, 0.25) is 0 Å². The smallest absolute Gasteiger partial charge is 0.305 e. The van der Waals surface area contributed by atoms with E-state index in [0.29, 0.717) is 39.9 Å². The number of unbranched alkanes of at least 4 members (excludes halogenated alkanes) is 28. The summed E-state index contributed by atoms with van der Waals surface area (Å²) in [5.41, 5.74) is -0.677. The second-order valence-electron chi connectivity index (χ2n) is 18.4. The summed E-state index contributed by atoms with van der Waals surface area (Å²) in [6.07, 6.45) is 43.5. The molecule has 388 valence electrons. The molecule has 0 aromatic carbocycles. The summed E-state index contributed by atoms with van der Waals surface area (Å²) in [4.78, 5) is 20.9. The zero-order valence-electron chi connectivity index (χ0n) is 42.6. The first kappa shape index (κ1) is 63.6. The van der Waals surface area contributed by atoms with Crippen LogP contribution in [0.4, 0.5) is 0 Å². The minimum atomic E-state index is -0.910. The number of hydrogen-bond acceptors (Lipinski definition) is 11. The Labute approximate surface area is 400 Å². The monoisotopic (exact) mass is 931 g/mol. The summed E-state index contributed by atoms with van der Waals surface area (Å²) in [5, 5.41) is 15.8. The molecule has 0 aliphatic heterocycles. The van der Waals surface area contributed by atoms with E-state index in [2.05, 4.69) is 31.1 Å². The van der Waals surface area contributed by atoms with Gasteiger partial charge in [-0.25, -0.2) is 0 Å². The molecule has 0 atom stereocenters. The van der Waals surface area contributed by atoms with Gasteiger partial charge in [-0.1, -0.05) is 200 Å². The van der Waals surface area contributed by atoms with Crippen molar-refractivity contribution in [2.75, 3.05) is 92.8 Å². The lowest BCUT2D eigenvalue weighted by atomic mass is 9.92. The van der Waals surface area contributed by atoms with Crippen LogP contribution in [0.3, 0.4) is 0 Å². The van der Waals surface area contributed by atoms with Crippen molar-refractivity contribution in [3.05, 3.63) is 12.8 Å². The maximum atomic E-state index is 11.1. The molecule has 0 heterocycles. The third kappa shape index (κ3) is 51.9. The van der Waals surface area contributed by atoms with Crippen molar-refractivity contribution in [3.63, 3.8) is 0 Å². The van der Waals surface area contributed by atoms with Crippen LogP contribution in [0.25, 0.3) is 0 Å². The molecule has 0 unspecified atom stereocenters. The Kier molecular flexibility index (Phi) is 54.1. The van der Waals surface area contributed by atoms with Gasteiger partial charge in [-0.3, -0.25) is 15.4 Å². The van der Waals surface area contributed by atoms with Gasteiger partial charge in [0.15, 0.2) is 6.79 Å². The van der Waals surface area contributed by atoms with E-state index in [-0.39, 0.29) is 33.0 Å². The highest BCUT2D eigenvalue weighted by Crippen LogP contribution is 2.22. The molecular weight excluding hydrogens is 825 g/mol. The molecule has 0 aromatic rings. The first-order valence-corrected chi connectivity index (χ1v) is 27.1. The quantitative estimate of drug-likeness (QED) is 0.0176. The van der Waals surface area contributed by atoms with E-state index in [1.165, 1.54) is 186 Å². The Morgan fingerprint density at radius 3 is 1.12 bits per heavy atom. The predicted octanol–water partition coefficient (Wildman–Crippen LogP) is 13.2. The summed E-state index contributed by atoms with van der Waals surface area (Å²) in [6, 6.07) is 0. The zero-order valence-corrected chi connectivity index (χ0v) is 42.6. The van der Waals surface area contributed by atoms with E-state index in [4.69, 9.17) is 43.3 Å². The van der Waals surface area contributed by atoms with Gasteiger partial charge in [0.25, 0.3) is 0 Å². The number of carboxylic acids is 1. The normalized spacial score (nSPS) is 11.8. The van der Waals surface area contributed by atoms with Crippen molar-refractivity contribution < 1.29 is 48.1 Å². The first-order valence-electron chi connectivity index (χ1n) is 27.1. The molecule has 0 bridgehead atoms.